The van der Waals surface area contributed by atoms with Gasteiger partial charge in [-0.3, -0.25) is 14.5 Å². The molecule has 0 spiro atoms. The van der Waals surface area contributed by atoms with Crippen molar-refractivity contribution in [2.75, 3.05) is 18.6 Å². The molecule has 0 fully saturated rings. The van der Waals surface area contributed by atoms with Crippen molar-refractivity contribution in [3.05, 3.63) is 59.7 Å². The van der Waals surface area contributed by atoms with E-state index >= 15 is 0 Å². The molecule has 3 rings (SSSR count). The molecule has 158 valence electrons. The number of nitrogens with zero attached hydrogens (tertiary/aromatic N) is 1. The van der Waals surface area contributed by atoms with Gasteiger partial charge in [-0.25, -0.2) is 13.2 Å². The van der Waals surface area contributed by atoms with E-state index in [0.717, 1.165) is 11.2 Å². The van der Waals surface area contributed by atoms with Crippen LogP contribution in [-0.2, 0) is 14.6 Å². The molecule has 1 aliphatic heterocycles. The van der Waals surface area contributed by atoms with Crippen LogP contribution in [0.15, 0.2) is 48.5 Å². The van der Waals surface area contributed by atoms with E-state index in [9.17, 15) is 22.8 Å². The van der Waals surface area contributed by atoms with Crippen LogP contribution >= 0.6 is 0 Å². The Balaban J connectivity index is 1.86. The van der Waals surface area contributed by atoms with Gasteiger partial charge in [0.05, 0.1) is 23.5 Å². The Labute approximate surface area is 174 Å². The quantitative estimate of drug-likeness (QED) is 0.358. The average molecular weight is 431 g/mol. The Bertz CT molecular complexity index is 1040. The predicted molar refractivity (Wildman–Crippen MR) is 108 cm³/mol. The maximum Gasteiger partial charge on any atom is 0.334 e. The van der Waals surface area contributed by atoms with Crippen molar-refractivity contribution in [1.82, 2.24) is 4.90 Å². The Morgan fingerprint density at radius 2 is 1.50 bits per heavy atom. The second kappa shape index (κ2) is 8.66. The number of sulfone groups is 1. The molecule has 1 aliphatic rings. The molecule has 0 bridgehead atoms. The monoisotopic (exact) mass is 431 g/mol. The van der Waals surface area contributed by atoms with Gasteiger partial charge in [-0.05, 0) is 49.7 Å². The minimum absolute atomic E-state index is 0.167. The van der Waals surface area contributed by atoms with Crippen LogP contribution in [0.2, 0.25) is 0 Å². The van der Waals surface area contributed by atoms with Gasteiger partial charge >= 0.3 is 5.97 Å². The molecule has 0 saturated carbocycles. The zero-order valence-corrected chi connectivity index (χ0v) is 17.3. The van der Waals surface area contributed by atoms with Gasteiger partial charge in [0.25, 0.3) is 11.8 Å². The van der Waals surface area contributed by atoms with Crippen LogP contribution in [-0.4, -0.2) is 55.8 Å². The van der Waals surface area contributed by atoms with Crippen LogP contribution < -0.4 is 9.47 Å². The summed E-state index contributed by atoms with van der Waals surface area (Å²) < 4.78 is 34.0. The summed E-state index contributed by atoms with van der Waals surface area (Å²) in [5.41, 5.74) is 0.335. The molecule has 1 heterocycles. The number of hydrogen-bond donors (Lipinski definition) is 0. The van der Waals surface area contributed by atoms with Gasteiger partial charge in [-0.15, -0.1) is 0 Å². The summed E-state index contributed by atoms with van der Waals surface area (Å²) >= 11 is 0. The van der Waals surface area contributed by atoms with E-state index in [1.165, 1.54) is 24.3 Å². The Kier molecular flexibility index (Phi) is 6.21. The van der Waals surface area contributed by atoms with Crippen molar-refractivity contribution < 1.29 is 32.3 Å². The Morgan fingerprint density at radius 1 is 0.967 bits per heavy atom. The van der Waals surface area contributed by atoms with Gasteiger partial charge in [0.15, 0.2) is 0 Å². The highest BCUT2D eigenvalue weighted by Gasteiger charge is 2.43. The Morgan fingerprint density at radius 3 is 2.00 bits per heavy atom. The van der Waals surface area contributed by atoms with Gasteiger partial charge in [-0.1, -0.05) is 12.1 Å². The van der Waals surface area contributed by atoms with Gasteiger partial charge in [-0.2, -0.15) is 0 Å². The zero-order chi connectivity index (χ0) is 21.9. The highest BCUT2D eigenvalue weighted by molar-refractivity contribution is 7.90. The lowest BCUT2D eigenvalue weighted by atomic mass is 10.1. The summed E-state index contributed by atoms with van der Waals surface area (Å²) in [6.07, 6.45) is 0.754. The molecule has 1 atom stereocenters. The molecular formula is C21H21NO7S. The first-order valence-electron chi connectivity index (χ1n) is 9.30. The fourth-order valence-electron chi connectivity index (χ4n) is 3.12. The minimum atomic E-state index is -3.44. The first kappa shape index (κ1) is 21.5. The summed E-state index contributed by atoms with van der Waals surface area (Å²) in [6, 6.07) is 11.1. The highest BCUT2D eigenvalue weighted by atomic mass is 32.2. The summed E-state index contributed by atoms with van der Waals surface area (Å²) in [5.74, 6) is -1.81. The van der Waals surface area contributed by atoms with Crippen molar-refractivity contribution >= 4 is 27.6 Å². The fraction of sp³-hybridized carbons (Fsp3) is 0.286. The third-order valence-corrected chi connectivity index (χ3v) is 5.50. The molecule has 30 heavy (non-hydrogen) atoms. The van der Waals surface area contributed by atoms with E-state index in [1.807, 2.05) is 6.92 Å². The molecular weight excluding hydrogens is 410 g/mol. The van der Waals surface area contributed by atoms with Crippen molar-refractivity contribution in [2.45, 2.75) is 19.4 Å². The van der Waals surface area contributed by atoms with Crippen molar-refractivity contribution in [2.24, 2.45) is 0 Å². The molecule has 9 heteroatoms. The molecule has 0 saturated heterocycles. The third-order valence-electron chi connectivity index (χ3n) is 4.52. The maximum absolute atomic E-state index is 12.9. The molecule has 0 aromatic heterocycles. The first-order valence-corrected chi connectivity index (χ1v) is 11.4. The van der Waals surface area contributed by atoms with Crippen LogP contribution in [0, 0.1) is 0 Å². The summed E-state index contributed by atoms with van der Waals surface area (Å²) in [6.45, 7) is 2.31. The number of imide groups is 1. The van der Waals surface area contributed by atoms with Crippen LogP contribution in [0.4, 0.5) is 0 Å². The largest absolute Gasteiger partial charge is 0.494 e. The molecule has 0 N–H and O–H groups in total. The lowest BCUT2D eigenvalue weighted by Gasteiger charge is -2.24. The van der Waals surface area contributed by atoms with E-state index in [2.05, 4.69) is 0 Å². The van der Waals surface area contributed by atoms with Crippen molar-refractivity contribution in [3.63, 3.8) is 0 Å². The average Bonchev–Trinajstić information content (AvgIpc) is 2.95. The van der Waals surface area contributed by atoms with Crippen LogP contribution in [0.5, 0.6) is 11.5 Å². The number of carbonyl (C=O) groups excluding carboxylic acids is 3. The second-order valence-electron chi connectivity index (χ2n) is 6.79. The third kappa shape index (κ3) is 4.68. The van der Waals surface area contributed by atoms with Gasteiger partial charge in [0.2, 0.25) is 0 Å². The molecule has 0 radical (unpaired) electrons. The van der Waals surface area contributed by atoms with E-state index in [-0.39, 0.29) is 29.1 Å². The number of hydrogen-bond acceptors (Lipinski definition) is 7. The SMILES string of the molecule is CCOc1ccc(OC(=O)C(CCS(C)(=O)=O)N2C(=O)c3ccccc3C2=O)cc1. The number of ether oxygens (including phenoxy) is 2. The topological polar surface area (TPSA) is 107 Å². The summed E-state index contributed by atoms with van der Waals surface area (Å²) in [5, 5.41) is 0. The fourth-order valence-corrected chi connectivity index (χ4v) is 3.78. The second-order valence-corrected chi connectivity index (χ2v) is 9.05. The number of rotatable bonds is 8. The number of benzene rings is 2. The molecule has 1 unspecified atom stereocenters. The molecule has 2 amide bonds. The summed E-state index contributed by atoms with van der Waals surface area (Å²) in [4.78, 5) is 39.2. The van der Waals surface area contributed by atoms with E-state index in [4.69, 9.17) is 9.47 Å². The normalized spacial score (nSPS) is 14.4. The van der Waals surface area contributed by atoms with Gasteiger partial charge in [0, 0.05) is 6.26 Å². The van der Waals surface area contributed by atoms with E-state index in [0.29, 0.717) is 12.4 Å². The van der Waals surface area contributed by atoms with Crippen molar-refractivity contribution in [1.29, 1.82) is 0 Å². The van der Waals surface area contributed by atoms with Crippen molar-refractivity contribution in [3.8, 4) is 11.5 Å². The number of amides is 2. The van der Waals surface area contributed by atoms with Crippen LogP contribution in [0.3, 0.4) is 0 Å². The molecule has 2 aromatic rings. The van der Waals surface area contributed by atoms with Crippen LogP contribution in [0.1, 0.15) is 34.1 Å². The smallest absolute Gasteiger partial charge is 0.334 e. The highest BCUT2D eigenvalue weighted by Crippen LogP contribution is 2.27. The molecule has 8 nitrogen and oxygen atoms in total. The number of carbonyl (C=O) groups is 3. The number of esters is 1. The van der Waals surface area contributed by atoms with E-state index < -0.39 is 33.7 Å². The minimum Gasteiger partial charge on any atom is -0.494 e. The Hall–Kier alpha value is -3.20. The molecule has 2 aromatic carbocycles. The van der Waals surface area contributed by atoms with Crippen LogP contribution in [0.25, 0.3) is 0 Å². The van der Waals surface area contributed by atoms with Gasteiger partial charge < -0.3 is 9.47 Å². The lowest BCUT2D eigenvalue weighted by molar-refractivity contribution is -0.138. The molecule has 0 aliphatic carbocycles. The standard InChI is InChI=1S/C21H21NO7S/c1-3-28-14-8-10-15(11-9-14)29-21(25)18(12-13-30(2,26)27)22-19(23)16-6-4-5-7-17(16)20(22)24/h4-11,18H,3,12-13H2,1-2H3. The predicted octanol–water partition coefficient (Wildman–Crippen LogP) is 2.09. The maximum atomic E-state index is 12.9. The summed E-state index contributed by atoms with van der Waals surface area (Å²) in [7, 11) is -3.44. The lowest BCUT2D eigenvalue weighted by Crippen LogP contribution is -2.47. The first-order chi connectivity index (χ1) is 14.2. The van der Waals surface area contributed by atoms with E-state index in [1.54, 1.807) is 24.3 Å². The van der Waals surface area contributed by atoms with Gasteiger partial charge in [0.1, 0.15) is 27.4 Å². The zero-order valence-electron chi connectivity index (χ0n) is 16.5. The number of fused-ring (bicyclic) bond motifs is 1.